The molecule has 0 fully saturated rings. The Morgan fingerprint density at radius 2 is 1.29 bits per heavy atom. The molecule has 0 saturated heterocycles. The number of azide groups is 1. The topological polar surface area (TPSA) is 111 Å². The van der Waals surface area contributed by atoms with Crippen molar-refractivity contribution in [2.24, 2.45) is 5.11 Å². The van der Waals surface area contributed by atoms with Gasteiger partial charge in [-0.1, -0.05) is 71.8 Å². The van der Waals surface area contributed by atoms with Crippen LogP contribution >= 0.6 is 0 Å². The van der Waals surface area contributed by atoms with Crippen molar-refractivity contribution >= 4 is 18.3 Å². The van der Waals surface area contributed by atoms with Crippen molar-refractivity contribution in [3.8, 4) is 11.5 Å². The van der Waals surface area contributed by atoms with Gasteiger partial charge in [-0.15, -0.1) is 0 Å². The Kier molecular flexibility index (Phi) is 12.4. The van der Waals surface area contributed by atoms with E-state index in [4.69, 9.17) is 19.7 Å². The molecular weight excluding hydrogens is 530 g/mol. The van der Waals surface area contributed by atoms with Crippen molar-refractivity contribution in [2.45, 2.75) is 34.0 Å². The number of carbonyl (C=O) groups excluding carboxylic acids is 2. The van der Waals surface area contributed by atoms with Gasteiger partial charge in [0.2, 0.25) is 0 Å². The Morgan fingerprint density at radius 3 is 1.71 bits per heavy atom. The summed E-state index contributed by atoms with van der Waals surface area (Å²) >= 11 is 0. The van der Waals surface area contributed by atoms with Gasteiger partial charge in [-0.25, -0.2) is 4.79 Å². The highest BCUT2D eigenvalue weighted by molar-refractivity contribution is 5.93. The number of ether oxygens (including phenoxy) is 3. The van der Waals surface area contributed by atoms with Crippen LogP contribution in [0.2, 0.25) is 0 Å². The van der Waals surface area contributed by atoms with Crippen LogP contribution in [0, 0.1) is 13.8 Å². The number of aryl methyl sites for hydroxylation is 2. The minimum Gasteiger partial charge on any atom is -0.489 e. The Balaban J connectivity index is 0.000000247. The average Bonchev–Trinajstić information content (AvgIpc) is 3.01. The van der Waals surface area contributed by atoms with Crippen LogP contribution in [-0.2, 0) is 22.7 Å². The van der Waals surface area contributed by atoms with Crippen LogP contribution in [0.1, 0.15) is 45.1 Å². The molecule has 214 valence electrons. The second kappa shape index (κ2) is 16.7. The molecule has 0 radical (unpaired) electrons. The van der Waals surface area contributed by atoms with Crippen LogP contribution in [0.15, 0.2) is 108 Å². The Hall–Kier alpha value is -5.33. The van der Waals surface area contributed by atoms with Gasteiger partial charge in [-0.3, -0.25) is 4.79 Å². The first-order valence-corrected chi connectivity index (χ1v) is 13.4. The number of hydrogen-bond donors (Lipinski definition) is 0. The van der Waals surface area contributed by atoms with Crippen LogP contribution < -0.4 is 9.47 Å². The molecule has 0 aromatic heterocycles. The van der Waals surface area contributed by atoms with E-state index in [-0.39, 0.29) is 12.3 Å². The highest BCUT2D eigenvalue weighted by Gasteiger charge is 2.10. The van der Waals surface area contributed by atoms with E-state index in [1.54, 1.807) is 19.1 Å². The lowest BCUT2D eigenvalue weighted by molar-refractivity contribution is -0.138. The fourth-order valence-electron chi connectivity index (χ4n) is 3.78. The van der Waals surface area contributed by atoms with Gasteiger partial charge < -0.3 is 14.2 Å². The highest BCUT2D eigenvalue weighted by Crippen LogP contribution is 2.22. The van der Waals surface area contributed by atoms with Gasteiger partial charge in [-0.05, 0) is 90.5 Å². The van der Waals surface area contributed by atoms with Gasteiger partial charge in [0.05, 0.1) is 6.61 Å². The summed E-state index contributed by atoms with van der Waals surface area (Å²) in [4.78, 5) is 25.1. The SMILES string of the molecule is CCOC(=O)C(=Cc1ccc(OCc2ccccc2)cc1C)N=[N+]=[N-].Cc1cc(OCc2ccccc2)ccc1C=O. The van der Waals surface area contributed by atoms with E-state index in [2.05, 4.69) is 10.0 Å². The van der Waals surface area contributed by atoms with Gasteiger partial charge >= 0.3 is 5.97 Å². The zero-order chi connectivity index (χ0) is 30.2. The van der Waals surface area contributed by atoms with Crippen LogP contribution in [-0.4, -0.2) is 18.9 Å². The maximum absolute atomic E-state index is 11.8. The van der Waals surface area contributed by atoms with E-state index in [1.807, 2.05) is 98.8 Å². The van der Waals surface area contributed by atoms with Gasteiger partial charge in [0.1, 0.15) is 36.7 Å². The van der Waals surface area contributed by atoms with Gasteiger partial charge in [0.25, 0.3) is 0 Å². The number of esters is 1. The lowest BCUT2D eigenvalue weighted by atomic mass is 10.1. The molecule has 0 aliphatic heterocycles. The molecule has 8 nitrogen and oxygen atoms in total. The van der Waals surface area contributed by atoms with Crippen molar-refractivity contribution in [1.82, 2.24) is 0 Å². The second-order valence-electron chi connectivity index (χ2n) is 9.14. The molecule has 0 spiro atoms. The maximum Gasteiger partial charge on any atom is 0.340 e. The second-order valence-corrected chi connectivity index (χ2v) is 9.14. The van der Waals surface area contributed by atoms with Crippen molar-refractivity contribution in [3.63, 3.8) is 0 Å². The minimum atomic E-state index is -0.649. The van der Waals surface area contributed by atoms with Crippen molar-refractivity contribution in [3.05, 3.63) is 147 Å². The van der Waals surface area contributed by atoms with Gasteiger partial charge in [-0.2, -0.15) is 0 Å². The highest BCUT2D eigenvalue weighted by atomic mass is 16.5. The molecule has 0 N–H and O–H groups in total. The predicted molar refractivity (Wildman–Crippen MR) is 163 cm³/mol. The lowest BCUT2D eigenvalue weighted by Gasteiger charge is -2.09. The molecule has 0 amide bonds. The Bertz CT molecular complexity index is 1550. The summed E-state index contributed by atoms with van der Waals surface area (Å²) in [7, 11) is 0. The summed E-state index contributed by atoms with van der Waals surface area (Å²) < 4.78 is 16.3. The molecule has 0 heterocycles. The van der Waals surface area contributed by atoms with E-state index in [9.17, 15) is 9.59 Å². The summed E-state index contributed by atoms with van der Waals surface area (Å²) in [5, 5.41) is 3.41. The monoisotopic (exact) mass is 563 g/mol. The summed E-state index contributed by atoms with van der Waals surface area (Å²) in [6.07, 6.45) is 2.37. The molecule has 4 aromatic carbocycles. The first-order chi connectivity index (χ1) is 20.4. The molecule has 0 bridgehead atoms. The Morgan fingerprint density at radius 1 is 0.786 bits per heavy atom. The fourth-order valence-corrected chi connectivity index (χ4v) is 3.78. The first kappa shape index (κ1) is 31.2. The zero-order valence-electron chi connectivity index (χ0n) is 23.9. The summed E-state index contributed by atoms with van der Waals surface area (Å²) in [5.41, 5.74) is 14.0. The van der Waals surface area contributed by atoms with Crippen molar-refractivity contribution in [2.75, 3.05) is 6.61 Å². The summed E-state index contributed by atoms with van der Waals surface area (Å²) in [6.45, 7) is 6.71. The number of rotatable bonds is 11. The predicted octanol–water partition coefficient (Wildman–Crippen LogP) is 8.17. The number of carbonyl (C=O) groups is 2. The molecule has 0 atom stereocenters. The number of nitrogens with zero attached hydrogens (tertiary/aromatic N) is 3. The quantitative estimate of drug-likeness (QED) is 0.0456. The molecule has 0 unspecified atom stereocenters. The number of aldehydes is 1. The van der Waals surface area contributed by atoms with E-state index in [0.717, 1.165) is 45.6 Å². The number of benzene rings is 4. The number of hydrogen-bond acceptors (Lipinski definition) is 6. The van der Waals surface area contributed by atoms with Crippen molar-refractivity contribution in [1.29, 1.82) is 0 Å². The van der Waals surface area contributed by atoms with Gasteiger partial charge in [0.15, 0.2) is 0 Å². The third-order valence-corrected chi connectivity index (χ3v) is 6.04. The van der Waals surface area contributed by atoms with Crippen LogP contribution in [0.4, 0.5) is 0 Å². The van der Waals surface area contributed by atoms with Crippen LogP contribution in [0.5, 0.6) is 11.5 Å². The molecule has 0 saturated carbocycles. The van der Waals surface area contributed by atoms with Crippen molar-refractivity contribution < 1.29 is 23.8 Å². The lowest BCUT2D eigenvalue weighted by Crippen LogP contribution is -2.05. The largest absolute Gasteiger partial charge is 0.489 e. The summed E-state index contributed by atoms with van der Waals surface area (Å²) in [6, 6.07) is 30.8. The van der Waals surface area contributed by atoms with E-state index < -0.39 is 5.97 Å². The maximum atomic E-state index is 11.8. The zero-order valence-corrected chi connectivity index (χ0v) is 23.9. The van der Waals surface area contributed by atoms with Crippen LogP contribution in [0.25, 0.3) is 16.5 Å². The molecule has 4 rings (SSSR count). The standard InChI is InChI=1S/C19H19N3O3.C15H14O2/c1-3-24-19(23)18(21-22-20)12-16-9-10-17(11-14(16)2)25-13-15-7-5-4-6-8-15;1-12-9-15(8-7-14(12)10-16)17-11-13-5-3-2-4-6-13/h4-12H,3,13H2,1-2H3;2-10H,11H2,1H3. The third kappa shape index (κ3) is 10.0. The minimum absolute atomic E-state index is 0.0783. The fraction of sp³-hybridized carbons (Fsp3) is 0.176. The van der Waals surface area contributed by atoms with E-state index in [0.29, 0.717) is 18.8 Å². The van der Waals surface area contributed by atoms with E-state index in [1.165, 1.54) is 6.08 Å². The molecule has 8 heteroatoms. The molecule has 4 aromatic rings. The third-order valence-electron chi connectivity index (χ3n) is 6.04. The molecule has 0 aliphatic carbocycles. The first-order valence-electron chi connectivity index (χ1n) is 13.4. The molecular formula is C34H33N3O5. The molecule has 42 heavy (non-hydrogen) atoms. The normalized spacial score (nSPS) is 10.4. The van der Waals surface area contributed by atoms with Gasteiger partial charge in [0, 0.05) is 10.5 Å². The van der Waals surface area contributed by atoms with E-state index >= 15 is 0 Å². The molecule has 0 aliphatic rings. The smallest absolute Gasteiger partial charge is 0.340 e. The summed E-state index contributed by atoms with van der Waals surface area (Å²) in [5.74, 6) is 0.862. The average molecular weight is 564 g/mol. The Labute approximate surface area is 245 Å². The van der Waals surface area contributed by atoms with Crippen LogP contribution in [0.3, 0.4) is 0 Å².